The number of aryl methyl sites for hydroxylation is 2. The number of hydrogen-bond acceptors (Lipinski definition) is 7. The number of carbonyl (C=O) groups is 2. The van der Waals surface area contributed by atoms with E-state index in [4.69, 9.17) is 10.5 Å². The van der Waals surface area contributed by atoms with Gasteiger partial charge >= 0.3 is 0 Å². The van der Waals surface area contributed by atoms with Gasteiger partial charge in [-0.05, 0) is 54.6 Å². The Morgan fingerprint density at radius 3 is 2.81 bits per heavy atom. The van der Waals surface area contributed by atoms with Crippen molar-refractivity contribution in [3.05, 3.63) is 45.7 Å². The van der Waals surface area contributed by atoms with Crippen molar-refractivity contribution in [2.75, 3.05) is 7.05 Å². The summed E-state index contributed by atoms with van der Waals surface area (Å²) in [6.07, 6.45) is 3.42. The number of ether oxygens (including phenoxy) is 1. The number of fused-ring (bicyclic) bond motifs is 3. The number of amides is 2. The molecule has 0 aliphatic heterocycles. The van der Waals surface area contributed by atoms with Gasteiger partial charge in [-0.25, -0.2) is 9.36 Å². The maximum atomic E-state index is 11.9. The molecule has 4 rings (SSSR count). The largest absolute Gasteiger partial charge is 0.444 e. The smallest absolute Gasteiger partial charge is 0.269 e. The molecule has 0 unspecified atom stereocenters. The van der Waals surface area contributed by atoms with Gasteiger partial charge in [0, 0.05) is 13.2 Å². The first-order valence-electron chi connectivity index (χ1n) is 8.26. The van der Waals surface area contributed by atoms with E-state index in [9.17, 15) is 9.59 Å². The summed E-state index contributed by atoms with van der Waals surface area (Å²) in [4.78, 5) is 29.5. The van der Waals surface area contributed by atoms with Crippen molar-refractivity contribution in [2.45, 2.75) is 19.8 Å². The van der Waals surface area contributed by atoms with Crippen LogP contribution in [0.1, 0.15) is 37.0 Å². The molecule has 2 amide bonds. The predicted octanol–water partition coefficient (Wildman–Crippen LogP) is 2.92. The van der Waals surface area contributed by atoms with E-state index in [1.54, 1.807) is 26.1 Å². The van der Waals surface area contributed by atoms with E-state index in [0.29, 0.717) is 27.1 Å². The molecular weight excluding hydrogens is 384 g/mol. The molecule has 3 N–H and O–H groups in total. The van der Waals surface area contributed by atoms with Crippen molar-refractivity contribution in [2.24, 2.45) is 5.73 Å². The molecule has 0 radical (unpaired) electrons. The lowest BCUT2D eigenvalue weighted by atomic mass is 9.93. The van der Waals surface area contributed by atoms with Crippen molar-refractivity contribution in [1.82, 2.24) is 14.7 Å². The molecule has 3 aromatic rings. The molecule has 27 heavy (non-hydrogen) atoms. The van der Waals surface area contributed by atoms with Crippen LogP contribution in [0.4, 0.5) is 0 Å². The van der Waals surface area contributed by atoms with Crippen LogP contribution in [0.5, 0.6) is 10.8 Å². The molecular formula is C18H16N4O3S2. The first kappa shape index (κ1) is 17.6. The van der Waals surface area contributed by atoms with Crippen molar-refractivity contribution >= 4 is 34.7 Å². The zero-order valence-electron chi connectivity index (χ0n) is 14.7. The van der Waals surface area contributed by atoms with Crippen LogP contribution in [0.2, 0.25) is 0 Å². The fourth-order valence-electron chi connectivity index (χ4n) is 3.10. The van der Waals surface area contributed by atoms with Crippen LogP contribution in [0.3, 0.4) is 0 Å². The molecule has 0 saturated heterocycles. The first-order chi connectivity index (χ1) is 13.0. The molecule has 138 valence electrons. The number of nitrogens with one attached hydrogen (secondary N) is 1. The Balaban J connectivity index is 1.78. The van der Waals surface area contributed by atoms with Gasteiger partial charge in [0.05, 0.1) is 21.0 Å². The Bertz CT molecular complexity index is 1070. The molecule has 0 fully saturated rings. The molecule has 0 spiro atoms. The summed E-state index contributed by atoms with van der Waals surface area (Å²) in [5.74, 6) is -0.188. The first-order valence-corrected chi connectivity index (χ1v) is 9.85. The van der Waals surface area contributed by atoms with Gasteiger partial charge in [0.15, 0.2) is 5.06 Å². The second-order valence-corrected chi connectivity index (χ2v) is 7.86. The normalized spacial score (nSPS) is 12.2. The highest BCUT2D eigenvalue weighted by Crippen LogP contribution is 2.50. The number of rotatable bonds is 4. The van der Waals surface area contributed by atoms with E-state index >= 15 is 0 Å². The van der Waals surface area contributed by atoms with Gasteiger partial charge in [-0.3, -0.25) is 9.59 Å². The average molecular weight is 400 g/mol. The molecule has 0 saturated carbocycles. The summed E-state index contributed by atoms with van der Waals surface area (Å²) in [5, 5.41) is 3.14. The third-order valence-corrected chi connectivity index (χ3v) is 6.40. The van der Waals surface area contributed by atoms with E-state index in [2.05, 4.69) is 14.7 Å². The monoisotopic (exact) mass is 400 g/mol. The lowest BCUT2D eigenvalue weighted by Gasteiger charge is -2.14. The van der Waals surface area contributed by atoms with Gasteiger partial charge in [-0.1, -0.05) is 11.3 Å². The number of aromatic nitrogens is 2. The molecule has 9 heteroatoms. The van der Waals surface area contributed by atoms with E-state index < -0.39 is 5.91 Å². The van der Waals surface area contributed by atoms with Crippen LogP contribution in [-0.2, 0) is 12.8 Å². The van der Waals surface area contributed by atoms with Crippen molar-refractivity contribution in [3.63, 3.8) is 0 Å². The van der Waals surface area contributed by atoms with Crippen molar-refractivity contribution in [3.8, 4) is 21.3 Å². The minimum Gasteiger partial charge on any atom is -0.444 e. The van der Waals surface area contributed by atoms with Crippen LogP contribution < -0.4 is 15.8 Å². The number of pyridine rings is 1. The van der Waals surface area contributed by atoms with Crippen LogP contribution in [0.25, 0.3) is 10.4 Å². The highest BCUT2D eigenvalue weighted by molar-refractivity contribution is 7.17. The number of carbonyl (C=O) groups excluding carboxylic acids is 2. The summed E-state index contributed by atoms with van der Waals surface area (Å²) >= 11 is 2.63. The molecule has 1 aliphatic carbocycles. The summed E-state index contributed by atoms with van der Waals surface area (Å²) < 4.78 is 10.4. The minimum absolute atomic E-state index is 0.261. The second-order valence-electron chi connectivity index (χ2n) is 6.08. The Kier molecular flexibility index (Phi) is 4.40. The number of hydrogen-bond donors (Lipinski definition) is 2. The van der Waals surface area contributed by atoms with E-state index in [-0.39, 0.29) is 5.91 Å². The van der Waals surface area contributed by atoms with Gasteiger partial charge < -0.3 is 15.8 Å². The minimum atomic E-state index is -0.455. The number of nitrogens with zero attached hydrogens (tertiary/aromatic N) is 2. The summed E-state index contributed by atoms with van der Waals surface area (Å²) in [7, 11) is 1.56. The molecule has 0 atom stereocenters. The summed E-state index contributed by atoms with van der Waals surface area (Å²) in [6.45, 7) is 1.77. The van der Waals surface area contributed by atoms with Crippen LogP contribution >= 0.6 is 22.9 Å². The highest BCUT2D eigenvalue weighted by atomic mass is 32.1. The topological polar surface area (TPSA) is 107 Å². The Morgan fingerprint density at radius 1 is 1.30 bits per heavy atom. The maximum absolute atomic E-state index is 11.9. The third kappa shape index (κ3) is 2.98. The number of thiophene rings is 1. The molecule has 3 aromatic heterocycles. The van der Waals surface area contributed by atoms with E-state index in [1.807, 2.05) is 6.20 Å². The Morgan fingerprint density at radius 2 is 2.11 bits per heavy atom. The molecule has 7 nitrogen and oxygen atoms in total. The van der Waals surface area contributed by atoms with E-state index in [1.165, 1.54) is 22.9 Å². The SMILES string of the molecule is CNC(=O)c1ccc(Oc2sc(C(N)=O)c3c2-c2sncc2CC3)c(C)n1. The van der Waals surface area contributed by atoms with Gasteiger partial charge in [-0.2, -0.15) is 0 Å². The van der Waals surface area contributed by atoms with Gasteiger partial charge in [-0.15, -0.1) is 0 Å². The molecule has 1 aliphatic rings. The van der Waals surface area contributed by atoms with Crippen molar-refractivity contribution < 1.29 is 14.3 Å². The number of nitrogens with two attached hydrogens (primary N) is 1. The fourth-order valence-corrected chi connectivity index (χ4v) is 5.10. The molecule has 0 bridgehead atoms. The zero-order valence-corrected chi connectivity index (χ0v) is 16.3. The third-order valence-electron chi connectivity index (χ3n) is 4.41. The van der Waals surface area contributed by atoms with Crippen LogP contribution in [0.15, 0.2) is 18.3 Å². The second kappa shape index (κ2) is 6.75. The van der Waals surface area contributed by atoms with Gasteiger partial charge in [0.2, 0.25) is 0 Å². The Hall–Kier alpha value is -2.78. The van der Waals surface area contributed by atoms with Crippen molar-refractivity contribution in [1.29, 1.82) is 0 Å². The van der Waals surface area contributed by atoms with Crippen LogP contribution in [0, 0.1) is 6.92 Å². The standard InChI is InChI=1S/C18H16N4O3S2/c1-8-12(6-5-11(22-8)17(24)20-2)25-18-13-10(15(26-18)16(19)23)4-3-9-7-21-27-14(9)13/h5-7H,3-4H2,1-2H3,(H2,19,23)(H,20,24). The van der Waals surface area contributed by atoms with Gasteiger partial charge in [0.1, 0.15) is 11.4 Å². The number of primary amides is 1. The Labute approximate surface area is 163 Å². The van der Waals surface area contributed by atoms with Gasteiger partial charge in [0.25, 0.3) is 11.8 Å². The lowest BCUT2D eigenvalue weighted by molar-refractivity contribution is 0.0956. The predicted molar refractivity (Wildman–Crippen MR) is 104 cm³/mol. The quantitative estimate of drug-likeness (QED) is 0.700. The van der Waals surface area contributed by atoms with E-state index in [0.717, 1.165) is 34.4 Å². The maximum Gasteiger partial charge on any atom is 0.269 e. The fraction of sp³-hybridized carbons (Fsp3) is 0.222. The average Bonchev–Trinajstić information content (AvgIpc) is 3.26. The highest BCUT2D eigenvalue weighted by Gasteiger charge is 2.30. The van der Waals surface area contributed by atoms with Crippen LogP contribution in [-0.4, -0.2) is 28.2 Å². The lowest BCUT2D eigenvalue weighted by Crippen LogP contribution is -2.19. The molecule has 0 aromatic carbocycles. The molecule has 3 heterocycles. The zero-order chi connectivity index (χ0) is 19.1. The summed E-state index contributed by atoms with van der Waals surface area (Å²) in [5.41, 5.74) is 9.45. The summed E-state index contributed by atoms with van der Waals surface area (Å²) in [6, 6.07) is 3.31.